The Morgan fingerprint density at radius 2 is 1.81 bits per heavy atom. The van der Waals surface area contributed by atoms with Gasteiger partial charge in [0.15, 0.2) is 0 Å². The Morgan fingerprint density at radius 1 is 1.24 bits per heavy atom. The first kappa shape index (κ1) is 17.6. The van der Waals surface area contributed by atoms with Crippen LogP contribution in [0.4, 0.5) is 0 Å². The summed E-state index contributed by atoms with van der Waals surface area (Å²) in [5.41, 5.74) is 0.996. The van der Waals surface area contributed by atoms with Crippen molar-refractivity contribution in [3.63, 3.8) is 0 Å². The zero-order valence-corrected chi connectivity index (χ0v) is 13.5. The maximum Gasteiger partial charge on any atom is 0.322 e. The van der Waals surface area contributed by atoms with Gasteiger partial charge in [0.1, 0.15) is 6.04 Å². The molecule has 0 aromatic heterocycles. The average Bonchev–Trinajstić information content (AvgIpc) is 2.43. The summed E-state index contributed by atoms with van der Waals surface area (Å²) in [6, 6.07) is 5.78. The number of esters is 1. The highest BCUT2D eigenvalue weighted by Gasteiger charge is 2.19. The smallest absolute Gasteiger partial charge is 0.322 e. The molecule has 0 unspecified atom stereocenters. The van der Waals surface area contributed by atoms with E-state index in [-0.39, 0.29) is 16.9 Å². The van der Waals surface area contributed by atoms with Crippen LogP contribution in [0.15, 0.2) is 29.2 Å². The quantitative estimate of drug-likeness (QED) is 0.728. The fraction of sp³-hybridized carbons (Fsp3) is 0.500. The van der Waals surface area contributed by atoms with Crippen molar-refractivity contribution in [1.82, 2.24) is 10.0 Å². The monoisotopic (exact) mass is 314 g/mol. The van der Waals surface area contributed by atoms with E-state index in [0.717, 1.165) is 5.56 Å². The van der Waals surface area contributed by atoms with Crippen LogP contribution in [0.25, 0.3) is 0 Å². The minimum absolute atomic E-state index is 0.223. The van der Waals surface area contributed by atoms with Gasteiger partial charge in [0.25, 0.3) is 0 Å². The molecule has 0 aliphatic rings. The maximum absolute atomic E-state index is 12.2. The SMILES string of the molecule is COC(=O)[C@H](C)NC[C@H](C)NS(=O)(=O)c1ccc(C)cc1. The van der Waals surface area contributed by atoms with Crippen molar-refractivity contribution in [3.05, 3.63) is 29.8 Å². The summed E-state index contributed by atoms with van der Waals surface area (Å²) in [4.78, 5) is 11.5. The van der Waals surface area contributed by atoms with Gasteiger partial charge < -0.3 is 10.1 Å². The fourth-order valence-electron chi connectivity index (χ4n) is 1.71. The van der Waals surface area contributed by atoms with Crippen molar-refractivity contribution in [2.75, 3.05) is 13.7 Å². The Bertz CT molecular complexity index is 569. The largest absolute Gasteiger partial charge is 0.468 e. The second-order valence-electron chi connectivity index (χ2n) is 4.99. The molecule has 0 aliphatic carbocycles. The first-order valence-corrected chi connectivity index (χ1v) is 8.15. The van der Waals surface area contributed by atoms with Gasteiger partial charge in [-0.05, 0) is 32.9 Å². The van der Waals surface area contributed by atoms with Gasteiger partial charge in [-0.1, -0.05) is 17.7 Å². The summed E-state index contributed by atoms with van der Waals surface area (Å²) in [5, 5.41) is 2.91. The first-order valence-electron chi connectivity index (χ1n) is 6.66. The third-order valence-corrected chi connectivity index (χ3v) is 4.58. The van der Waals surface area contributed by atoms with Crippen LogP contribution in [-0.4, -0.2) is 40.1 Å². The van der Waals surface area contributed by atoms with E-state index in [1.807, 2.05) is 6.92 Å². The Kier molecular flexibility index (Phi) is 6.32. The van der Waals surface area contributed by atoms with E-state index in [2.05, 4.69) is 14.8 Å². The van der Waals surface area contributed by atoms with Crippen LogP contribution in [0.1, 0.15) is 19.4 Å². The maximum atomic E-state index is 12.2. The zero-order valence-electron chi connectivity index (χ0n) is 12.7. The summed E-state index contributed by atoms with van der Waals surface area (Å²) in [5.74, 6) is -0.386. The summed E-state index contributed by atoms with van der Waals surface area (Å²) in [6.07, 6.45) is 0. The number of ether oxygens (including phenoxy) is 1. The van der Waals surface area contributed by atoms with Crippen LogP contribution in [-0.2, 0) is 19.6 Å². The van der Waals surface area contributed by atoms with Gasteiger partial charge in [0.2, 0.25) is 10.0 Å². The Morgan fingerprint density at radius 3 is 2.33 bits per heavy atom. The molecule has 21 heavy (non-hydrogen) atoms. The lowest BCUT2D eigenvalue weighted by molar-refractivity contribution is -0.142. The van der Waals surface area contributed by atoms with E-state index in [9.17, 15) is 13.2 Å². The van der Waals surface area contributed by atoms with Crippen LogP contribution in [0.5, 0.6) is 0 Å². The highest BCUT2D eigenvalue weighted by Crippen LogP contribution is 2.10. The lowest BCUT2D eigenvalue weighted by atomic mass is 10.2. The highest BCUT2D eigenvalue weighted by atomic mass is 32.2. The number of methoxy groups -OCH3 is 1. The van der Waals surface area contributed by atoms with E-state index in [4.69, 9.17) is 0 Å². The number of sulfonamides is 1. The summed E-state index contributed by atoms with van der Waals surface area (Å²) >= 11 is 0. The molecular formula is C14H22N2O4S. The fourth-order valence-corrected chi connectivity index (χ4v) is 2.95. The molecule has 0 saturated heterocycles. The van der Waals surface area contributed by atoms with E-state index >= 15 is 0 Å². The number of nitrogens with one attached hydrogen (secondary N) is 2. The van der Waals surface area contributed by atoms with Gasteiger partial charge in [-0.25, -0.2) is 13.1 Å². The minimum Gasteiger partial charge on any atom is -0.468 e. The molecule has 6 nitrogen and oxygen atoms in total. The molecule has 0 heterocycles. The number of carbonyl (C=O) groups is 1. The van der Waals surface area contributed by atoms with Crippen molar-refractivity contribution < 1.29 is 17.9 Å². The minimum atomic E-state index is -3.56. The normalized spacial score (nSPS) is 14.5. The molecule has 0 saturated carbocycles. The molecule has 1 aromatic rings. The summed E-state index contributed by atoms with van der Waals surface area (Å²) < 4.78 is 31.5. The third-order valence-electron chi connectivity index (χ3n) is 2.97. The summed E-state index contributed by atoms with van der Waals surface area (Å²) in [6.45, 7) is 5.60. The van der Waals surface area contributed by atoms with Crippen LogP contribution in [0.3, 0.4) is 0 Å². The summed E-state index contributed by atoms with van der Waals surface area (Å²) in [7, 11) is -2.25. The van der Waals surface area contributed by atoms with E-state index < -0.39 is 16.1 Å². The van der Waals surface area contributed by atoms with Gasteiger partial charge in [0, 0.05) is 12.6 Å². The van der Waals surface area contributed by atoms with Crippen LogP contribution < -0.4 is 10.0 Å². The van der Waals surface area contributed by atoms with Crippen LogP contribution in [0, 0.1) is 6.92 Å². The molecule has 7 heteroatoms. The predicted octanol–water partition coefficient (Wildman–Crippen LogP) is 0.813. The number of benzene rings is 1. The van der Waals surface area contributed by atoms with E-state index in [1.54, 1.807) is 38.1 Å². The Labute approximate surface area is 125 Å². The zero-order chi connectivity index (χ0) is 16.0. The molecule has 0 bridgehead atoms. The topological polar surface area (TPSA) is 84.5 Å². The van der Waals surface area contributed by atoms with Gasteiger partial charge in [-0.2, -0.15) is 0 Å². The first-order chi connectivity index (χ1) is 9.76. The molecule has 0 amide bonds. The van der Waals surface area contributed by atoms with Gasteiger partial charge in [-0.3, -0.25) is 4.79 Å². The molecular weight excluding hydrogens is 292 g/mol. The number of rotatable bonds is 7. The third kappa shape index (κ3) is 5.45. The standard InChI is InChI=1S/C14H22N2O4S/c1-10-5-7-13(8-6-10)21(18,19)16-11(2)9-15-12(3)14(17)20-4/h5-8,11-12,15-16H,9H2,1-4H3/t11-,12-/m0/s1. The van der Waals surface area contributed by atoms with Gasteiger partial charge in [-0.15, -0.1) is 0 Å². The molecule has 2 N–H and O–H groups in total. The van der Waals surface area contributed by atoms with Crippen molar-refractivity contribution in [2.24, 2.45) is 0 Å². The van der Waals surface area contributed by atoms with Crippen molar-refractivity contribution in [3.8, 4) is 0 Å². The second kappa shape index (κ2) is 7.53. The Hall–Kier alpha value is -1.44. The average molecular weight is 314 g/mol. The molecule has 0 radical (unpaired) electrons. The lowest BCUT2D eigenvalue weighted by Gasteiger charge is -2.17. The van der Waals surface area contributed by atoms with Crippen molar-refractivity contribution in [2.45, 2.75) is 37.8 Å². The molecule has 0 aliphatic heterocycles. The number of hydrogen-bond donors (Lipinski definition) is 2. The van der Waals surface area contributed by atoms with Crippen LogP contribution in [0.2, 0.25) is 0 Å². The lowest BCUT2D eigenvalue weighted by Crippen LogP contribution is -2.44. The molecule has 118 valence electrons. The van der Waals surface area contributed by atoms with E-state index in [0.29, 0.717) is 6.54 Å². The second-order valence-corrected chi connectivity index (χ2v) is 6.70. The van der Waals surface area contributed by atoms with Crippen LogP contribution >= 0.6 is 0 Å². The number of aryl methyl sites for hydroxylation is 1. The molecule has 2 atom stereocenters. The molecule has 1 aromatic carbocycles. The molecule has 0 fully saturated rings. The molecule has 1 rings (SSSR count). The predicted molar refractivity (Wildman–Crippen MR) is 80.4 cm³/mol. The van der Waals surface area contributed by atoms with E-state index in [1.165, 1.54) is 7.11 Å². The van der Waals surface area contributed by atoms with Gasteiger partial charge >= 0.3 is 5.97 Å². The van der Waals surface area contributed by atoms with Crippen molar-refractivity contribution in [1.29, 1.82) is 0 Å². The highest BCUT2D eigenvalue weighted by molar-refractivity contribution is 7.89. The van der Waals surface area contributed by atoms with Gasteiger partial charge in [0.05, 0.1) is 12.0 Å². The number of carbonyl (C=O) groups excluding carboxylic acids is 1. The van der Waals surface area contributed by atoms with Crippen molar-refractivity contribution >= 4 is 16.0 Å². The Balaban J connectivity index is 2.59. The molecule has 0 spiro atoms. The number of hydrogen-bond acceptors (Lipinski definition) is 5.